The zero-order valence-corrected chi connectivity index (χ0v) is 10.7. The van der Waals surface area contributed by atoms with E-state index >= 15 is 0 Å². The fourth-order valence-corrected chi connectivity index (χ4v) is 1.79. The van der Waals surface area contributed by atoms with Crippen molar-refractivity contribution in [2.75, 3.05) is 6.54 Å². The summed E-state index contributed by atoms with van der Waals surface area (Å²) in [6, 6.07) is 4.87. The molecule has 2 aromatic rings. The van der Waals surface area contributed by atoms with Gasteiger partial charge in [0, 0.05) is 38.3 Å². The third kappa shape index (κ3) is 3.17. The average Bonchev–Trinajstić information content (AvgIpc) is 2.80. The van der Waals surface area contributed by atoms with Gasteiger partial charge in [0.15, 0.2) is 11.5 Å². The highest BCUT2D eigenvalue weighted by molar-refractivity contribution is 5.52. The van der Waals surface area contributed by atoms with Crippen LogP contribution in [0.25, 0.3) is 0 Å². The molecule has 0 spiro atoms. The third-order valence-corrected chi connectivity index (χ3v) is 2.86. The summed E-state index contributed by atoms with van der Waals surface area (Å²) in [6.45, 7) is 1.12. The number of benzene rings is 1. The number of aryl methyl sites for hydroxylation is 1. The van der Waals surface area contributed by atoms with Crippen LogP contribution in [0.15, 0.2) is 24.4 Å². The van der Waals surface area contributed by atoms with E-state index in [9.17, 15) is 15.3 Å². The predicted molar refractivity (Wildman–Crippen MR) is 70.1 cm³/mol. The van der Waals surface area contributed by atoms with Crippen LogP contribution in [0.4, 0.5) is 0 Å². The molecule has 2 rings (SSSR count). The molecule has 1 heterocycles. The second kappa shape index (κ2) is 5.62. The van der Waals surface area contributed by atoms with Crippen LogP contribution in [0.5, 0.6) is 17.2 Å². The van der Waals surface area contributed by atoms with Crippen molar-refractivity contribution in [3.63, 3.8) is 0 Å². The molecule has 0 bridgehead atoms. The lowest BCUT2D eigenvalue weighted by molar-refractivity contribution is 0.364. The van der Waals surface area contributed by atoms with Gasteiger partial charge in [-0.15, -0.1) is 0 Å². The van der Waals surface area contributed by atoms with Gasteiger partial charge in [0.25, 0.3) is 0 Å². The van der Waals surface area contributed by atoms with Gasteiger partial charge in [-0.3, -0.25) is 4.68 Å². The lowest BCUT2D eigenvalue weighted by atomic mass is 10.1. The number of nitrogens with zero attached hydrogens (tertiary/aromatic N) is 2. The number of rotatable bonds is 5. The minimum Gasteiger partial charge on any atom is -0.504 e. The van der Waals surface area contributed by atoms with Crippen molar-refractivity contribution in [2.45, 2.75) is 13.0 Å². The topological polar surface area (TPSA) is 90.5 Å². The maximum absolute atomic E-state index is 9.63. The standard InChI is InChI=1S/C13H17N3O3/c1-16-7-5-10(15-16)4-6-14-8-9-2-3-11(17)13(19)12(9)18/h2-3,5,7,14,17-19H,4,6,8H2,1H3. The Hall–Kier alpha value is -2.21. The number of phenolic OH excluding ortho intramolecular Hbond substituents is 3. The Morgan fingerprint density at radius 1 is 1.16 bits per heavy atom. The Kier molecular flexibility index (Phi) is 3.91. The molecule has 0 fully saturated rings. The molecule has 0 amide bonds. The van der Waals surface area contributed by atoms with E-state index in [1.165, 1.54) is 6.07 Å². The Morgan fingerprint density at radius 3 is 2.63 bits per heavy atom. The van der Waals surface area contributed by atoms with Gasteiger partial charge in [0.2, 0.25) is 5.75 Å². The van der Waals surface area contributed by atoms with E-state index in [0.717, 1.165) is 12.1 Å². The SMILES string of the molecule is Cn1ccc(CCNCc2ccc(O)c(O)c2O)n1. The molecule has 0 unspecified atom stereocenters. The molecule has 102 valence electrons. The van der Waals surface area contributed by atoms with Gasteiger partial charge >= 0.3 is 0 Å². The van der Waals surface area contributed by atoms with Gasteiger partial charge in [0.05, 0.1) is 5.69 Å². The molecular formula is C13H17N3O3. The largest absolute Gasteiger partial charge is 0.504 e. The van der Waals surface area contributed by atoms with Crippen molar-refractivity contribution in [3.05, 3.63) is 35.7 Å². The molecule has 0 saturated carbocycles. The van der Waals surface area contributed by atoms with Crippen molar-refractivity contribution in [2.24, 2.45) is 7.05 Å². The number of aromatic hydroxyl groups is 3. The number of nitrogens with one attached hydrogen (secondary N) is 1. The van der Waals surface area contributed by atoms with Gasteiger partial charge in [-0.25, -0.2) is 0 Å². The summed E-state index contributed by atoms with van der Waals surface area (Å²) >= 11 is 0. The van der Waals surface area contributed by atoms with Gasteiger partial charge < -0.3 is 20.6 Å². The van der Waals surface area contributed by atoms with E-state index < -0.39 is 5.75 Å². The Morgan fingerprint density at radius 2 is 1.95 bits per heavy atom. The van der Waals surface area contributed by atoms with E-state index in [4.69, 9.17) is 0 Å². The van der Waals surface area contributed by atoms with Gasteiger partial charge in [-0.1, -0.05) is 6.07 Å². The molecule has 1 aromatic carbocycles. The Bertz CT molecular complexity index is 566. The maximum Gasteiger partial charge on any atom is 0.200 e. The number of hydrogen-bond donors (Lipinski definition) is 4. The van der Waals surface area contributed by atoms with Crippen LogP contribution in [0.1, 0.15) is 11.3 Å². The highest BCUT2D eigenvalue weighted by Gasteiger charge is 2.10. The van der Waals surface area contributed by atoms with E-state index in [2.05, 4.69) is 10.4 Å². The summed E-state index contributed by atoms with van der Waals surface area (Å²) in [7, 11) is 1.87. The quantitative estimate of drug-likeness (QED) is 0.474. The number of aromatic nitrogens is 2. The van der Waals surface area contributed by atoms with Crippen molar-refractivity contribution in [1.29, 1.82) is 0 Å². The molecule has 0 aliphatic carbocycles. The summed E-state index contributed by atoms with van der Waals surface area (Å²) in [5.41, 5.74) is 1.53. The summed E-state index contributed by atoms with van der Waals surface area (Å²) in [6.07, 6.45) is 2.67. The molecule has 4 N–H and O–H groups in total. The second-order valence-corrected chi connectivity index (χ2v) is 4.35. The summed E-state index contributed by atoms with van der Waals surface area (Å²) in [5, 5.41) is 35.6. The van der Waals surface area contributed by atoms with Crippen molar-refractivity contribution < 1.29 is 15.3 Å². The van der Waals surface area contributed by atoms with E-state index in [1.807, 2.05) is 19.3 Å². The van der Waals surface area contributed by atoms with Crippen LogP contribution in [-0.2, 0) is 20.0 Å². The number of hydrogen-bond acceptors (Lipinski definition) is 5. The molecule has 1 aromatic heterocycles. The Balaban J connectivity index is 1.84. The van der Waals surface area contributed by atoms with Crippen LogP contribution in [0.2, 0.25) is 0 Å². The van der Waals surface area contributed by atoms with Crippen LogP contribution >= 0.6 is 0 Å². The molecule has 0 aliphatic rings. The molecule has 0 aliphatic heterocycles. The fraction of sp³-hybridized carbons (Fsp3) is 0.308. The molecule has 0 radical (unpaired) electrons. The molecular weight excluding hydrogens is 246 g/mol. The van der Waals surface area contributed by atoms with E-state index in [-0.39, 0.29) is 11.5 Å². The average molecular weight is 263 g/mol. The molecule has 19 heavy (non-hydrogen) atoms. The normalized spacial score (nSPS) is 10.8. The summed E-state index contributed by atoms with van der Waals surface area (Å²) < 4.78 is 1.75. The van der Waals surface area contributed by atoms with Crippen LogP contribution in [-0.4, -0.2) is 31.6 Å². The fourth-order valence-electron chi connectivity index (χ4n) is 1.79. The first-order valence-corrected chi connectivity index (χ1v) is 6.00. The summed E-state index contributed by atoms with van der Waals surface area (Å²) in [4.78, 5) is 0. The molecule has 6 heteroatoms. The van der Waals surface area contributed by atoms with Crippen molar-refractivity contribution >= 4 is 0 Å². The monoisotopic (exact) mass is 263 g/mol. The first-order valence-electron chi connectivity index (χ1n) is 6.00. The highest BCUT2D eigenvalue weighted by atomic mass is 16.3. The van der Waals surface area contributed by atoms with Gasteiger partial charge in [0.1, 0.15) is 0 Å². The van der Waals surface area contributed by atoms with Gasteiger partial charge in [-0.2, -0.15) is 5.10 Å². The van der Waals surface area contributed by atoms with Crippen molar-refractivity contribution in [1.82, 2.24) is 15.1 Å². The second-order valence-electron chi connectivity index (χ2n) is 4.35. The molecule has 6 nitrogen and oxygen atoms in total. The first-order chi connectivity index (χ1) is 9.08. The Labute approximate surface area is 110 Å². The zero-order valence-electron chi connectivity index (χ0n) is 10.7. The van der Waals surface area contributed by atoms with E-state index in [1.54, 1.807) is 10.7 Å². The first kappa shape index (κ1) is 13.2. The lowest BCUT2D eigenvalue weighted by Gasteiger charge is -2.08. The van der Waals surface area contributed by atoms with Crippen LogP contribution in [0, 0.1) is 0 Å². The van der Waals surface area contributed by atoms with Crippen molar-refractivity contribution in [3.8, 4) is 17.2 Å². The predicted octanol–water partition coefficient (Wildman–Crippen LogP) is 0.869. The van der Waals surface area contributed by atoms with E-state index in [0.29, 0.717) is 18.7 Å². The van der Waals surface area contributed by atoms with Crippen LogP contribution < -0.4 is 5.32 Å². The molecule has 0 saturated heterocycles. The zero-order chi connectivity index (χ0) is 13.8. The minimum absolute atomic E-state index is 0.287. The molecule has 0 atom stereocenters. The minimum atomic E-state index is -0.482. The maximum atomic E-state index is 9.63. The number of phenols is 3. The summed E-state index contributed by atoms with van der Waals surface area (Å²) in [5.74, 6) is -1.09. The highest BCUT2D eigenvalue weighted by Crippen LogP contribution is 2.36. The lowest BCUT2D eigenvalue weighted by Crippen LogP contribution is -2.17. The third-order valence-electron chi connectivity index (χ3n) is 2.86. The van der Waals surface area contributed by atoms with Gasteiger partial charge in [-0.05, 0) is 12.1 Å². The smallest absolute Gasteiger partial charge is 0.200 e. The van der Waals surface area contributed by atoms with Crippen LogP contribution in [0.3, 0.4) is 0 Å².